The lowest BCUT2D eigenvalue weighted by atomic mass is 9.80. The summed E-state index contributed by atoms with van der Waals surface area (Å²) in [4.78, 5) is 12.5. The normalized spacial score (nSPS) is 18.2. The quantitative estimate of drug-likeness (QED) is 0.295. The number of hydrogen-bond acceptors (Lipinski definition) is 4. The molecule has 0 aliphatic heterocycles. The Bertz CT molecular complexity index is 563. The van der Waals surface area contributed by atoms with Crippen molar-refractivity contribution in [2.24, 2.45) is 10.9 Å². The maximum Gasteiger partial charge on any atom is 0.252 e. The van der Waals surface area contributed by atoms with E-state index in [9.17, 15) is 9.90 Å². The smallest absolute Gasteiger partial charge is 0.252 e. The largest absolute Gasteiger partial charge is 0.508 e. The summed E-state index contributed by atoms with van der Waals surface area (Å²) in [5.41, 5.74) is 5.92. The first-order valence-electron chi connectivity index (χ1n) is 7.09. The molecule has 1 aromatic rings. The number of amidine groups is 1. The van der Waals surface area contributed by atoms with Crippen LogP contribution in [0.4, 0.5) is 0 Å². The Morgan fingerprint density at radius 3 is 2.62 bits per heavy atom. The lowest BCUT2D eigenvalue weighted by Crippen LogP contribution is -2.58. The number of nitrogens with one attached hydrogen (secondary N) is 1. The molecule has 0 radical (unpaired) electrons. The number of rotatable bonds is 3. The van der Waals surface area contributed by atoms with Crippen LogP contribution >= 0.6 is 0 Å². The Morgan fingerprint density at radius 2 is 2.00 bits per heavy atom. The first-order chi connectivity index (χ1) is 10.00. The highest BCUT2D eigenvalue weighted by Crippen LogP contribution is 2.29. The first-order valence-corrected chi connectivity index (χ1v) is 7.09. The molecule has 1 aliphatic rings. The van der Waals surface area contributed by atoms with Gasteiger partial charge in [-0.1, -0.05) is 30.5 Å². The maximum atomic E-state index is 12.5. The number of carbonyl (C=O) groups excluding carboxylic acids is 1. The van der Waals surface area contributed by atoms with Gasteiger partial charge in [0, 0.05) is 11.1 Å². The number of benzene rings is 1. The van der Waals surface area contributed by atoms with Crippen molar-refractivity contribution in [2.75, 3.05) is 0 Å². The molecule has 0 bridgehead atoms. The summed E-state index contributed by atoms with van der Waals surface area (Å²) in [6.07, 6.45) is 4.19. The molecule has 0 heterocycles. The van der Waals surface area contributed by atoms with Gasteiger partial charge in [0.15, 0.2) is 5.84 Å². The summed E-state index contributed by atoms with van der Waals surface area (Å²) in [5.74, 6) is -0.214. The summed E-state index contributed by atoms with van der Waals surface area (Å²) >= 11 is 0. The van der Waals surface area contributed by atoms with E-state index in [-0.39, 0.29) is 17.5 Å². The monoisotopic (exact) mass is 291 g/mol. The third kappa shape index (κ3) is 2.94. The van der Waals surface area contributed by atoms with Gasteiger partial charge in [0.25, 0.3) is 5.91 Å². The van der Waals surface area contributed by atoms with Crippen LogP contribution in [-0.2, 0) is 0 Å². The van der Waals surface area contributed by atoms with Gasteiger partial charge in [-0.2, -0.15) is 0 Å². The molecule has 114 valence electrons. The van der Waals surface area contributed by atoms with Crippen molar-refractivity contribution in [2.45, 2.75) is 44.6 Å². The van der Waals surface area contributed by atoms with Gasteiger partial charge in [-0.15, -0.1) is 0 Å². The molecule has 0 atom stereocenters. The van der Waals surface area contributed by atoms with Crippen LogP contribution in [0.25, 0.3) is 0 Å². The Morgan fingerprint density at radius 1 is 1.33 bits per heavy atom. The van der Waals surface area contributed by atoms with Crippen LogP contribution in [0.2, 0.25) is 0 Å². The minimum absolute atomic E-state index is 0.0355. The molecule has 1 aromatic carbocycles. The van der Waals surface area contributed by atoms with Gasteiger partial charge in [0.05, 0.1) is 0 Å². The molecule has 0 saturated heterocycles. The molecule has 0 spiro atoms. The molecule has 2 rings (SSSR count). The van der Waals surface area contributed by atoms with E-state index in [0.29, 0.717) is 24.0 Å². The van der Waals surface area contributed by atoms with E-state index in [1.54, 1.807) is 19.1 Å². The second-order valence-corrected chi connectivity index (χ2v) is 5.53. The van der Waals surface area contributed by atoms with Crippen molar-refractivity contribution < 1.29 is 15.1 Å². The average molecular weight is 291 g/mol. The van der Waals surface area contributed by atoms with Crippen molar-refractivity contribution in [3.8, 4) is 5.75 Å². The zero-order valence-corrected chi connectivity index (χ0v) is 12.1. The highest BCUT2D eigenvalue weighted by Gasteiger charge is 2.38. The number of hydrogen-bond donors (Lipinski definition) is 4. The van der Waals surface area contributed by atoms with Gasteiger partial charge in [-0.25, -0.2) is 0 Å². The number of phenols is 1. The SMILES string of the molecule is Cc1c(O)cccc1C(=O)NC1(/C(N)=N/O)CCCCC1. The second-order valence-electron chi connectivity index (χ2n) is 5.53. The lowest BCUT2D eigenvalue weighted by Gasteiger charge is -2.36. The second kappa shape index (κ2) is 6.03. The predicted molar refractivity (Wildman–Crippen MR) is 79.5 cm³/mol. The van der Waals surface area contributed by atoms with E-state index in [0.717, 1.165) is 19.3 Å². The van der Waals surface area contributed by atoms with Crippen molar-refractivity contribution >= 4 is 11.7 Å². The fourth-order valence-corrected chi connectivity index (χ4v) is 2.85. The Hall–Kier alpha value is -2.24. The third-order valence-electron chi connectivity index (χ3n) is 4.21. The number of nitrogens with two attached hydrogens (primary N) is 1. The molecule has 1 aliphatic carbocycles. The summed E-state index contributed by atoms with van der Waals surface area (Å²) in [7, 11) is 0. The summed E-state index contributed by atoms with van der Waals surface area (Å²) in [5, 5.41) is 24.7. The number of phenolic OH excluding ortho intramolecular Hbond substituents is 1. The molecule has 5 N–H and O–H groups in total. The summed E-state index contributed by atoms with van der Waals surface area (Å²) in [6, 6.07) is 4.80. The topological polar surface area (TPSA) is 108 Å². The zero-order chi connectivity index (χ0) is 15.5. The van der Waals surface area contributed by atoms with Crippen LogP contribution in [0.3, 0.4) is 0 Å². The number of nitrogens with zero attached hydrogens (tertiary/aromatic N) is 1. The lowest BCUT2D eigenvalue weighted by molar-refractivity contribution is 0.0904. The number of carbonyl (C=O) groups is 1. The predicted octanol–water partition coefficient (Wildman–Crippen LogP) is 1.88. The Kier molecular flexibility index (Phi) is 4.35. The fraction of sp³-hybridized carbons (Fsp3) is 0.467. The van der Waals surface area contributed by atoms with Crippen LogP contribution in [0.15, 0.2) is 23.4 Å². The molecule has 6 heteroatoms. The summed E-state index contributed by atoms with van der Waals surface area (Å²) in [6.45, 7) is 1.68. The molecule has 21 heavy (non-hydrogen) atoms. The number of amides is 1. The van der Waals surface area contributed by atoms with Crippen LogP contribution in [0.1, 0.15) is 48.0 Å². The van der Waals surface area contributed by atoms with Gasteiger partial charge in [-0.05, 0) is 31.9 Å². The highest BCUT2D eigenvalue weighted by molar-refractivity contribution is 6.01. The first kappa shape index (κ1) is 15.2. The van der Waals surface area contributed by atoms with Crippen LogP contribution in [-0.4, -0.2) is 27.6 Å². The Labute approximate surface area is 123 Å². The van der Waals surface area contributed by atoms with Crippen LogP contribution < -0.4 is 11.1 Å². The average Bonchev–Trinajstić information content (AvgIpc) is 2.50. The van der Waals surface area contributed by atoms with Gasteiger partial charge in [-0.3, -0.25) is 4.79 Å². The maximum absolute atomic E-state index is 12.5. The number of oxime groups is 1. The molecule has 6 nitrogen and oxygen atoms in total. The van der Waals surface area contributed by atoms with Crippen molar-refractivity contribution in [1.82, 2.24) is 5.32 Å². The van der Waals surface area contributed by atoms with E-state index in [1.807, 2.05) is 0 Å². The highest BCUT2D eigenvalue weighted by atomic mass is 16.4. The van der Waals surface area contributed by atoms with E-state index in [2.05, 4.69) is 10.5 Å². The van der Waals surface area contributed by atoms with Gasteiger partial charge in [0.2, 0.25) is 0 Å². The van der Waals surface area contributed by atoms with E-state index < -0.39 is 5.54 Å². The molecule has 0 unspecified atom stereocenters. The minimum atomic E-state index is -0.804. The fourth-order valence-electron chi connectivity index (χ4n) is 2.85. The summed E-state index contributed by atoms with van der Waals surface area (Å²) < 4.78 is 0. The van der Waals surface area contributed by atoms with Gasteiger partial charge < -0.3 is 21.4 Å². The minimum Gasteiger partial charge on any atom is -0.508 e. The zero-order valence-electron chi connectivity index (χ0n) is 12.1. The number of aromatic hydroxyl groups is 1. The molecule has 0 aromatic heterocycles. The molecule has 1 fully saturated rings. The molecular formula is C15H21N3O3. The molecular weight excluding hydrogens is 270 g/mol. The molecule has 1 saturated carbocycles. The molecule has 1 amide bonds. The van der Waals surface area contributed by atoms with Crippen molar-refractivity contribution in [3.63, 3.8) is 0 Å². The van der Waals surface area contributed by atoms with Crippen LogP contribution in [0.5, 0.6) is 5.75 Å². The third-order valence-corrected chi connectivity index (χ3v) is 4.21. The van der Waals surface area contributed by atoms with Crippen molar-refractivity contribution in [1.29, 1.82) is 0 Å². The Balaban J connectivity index is 2.28. The van der Waals surface area contributed by atoms with E-state index in [4.69, 9.17) is 10.9 Å². The van der Waals surface area contributed by atoms with Gasteiger partial charge in [0.1, 0.15) is 11.3 Å². The van der Waals surface area contributed by atoms with Crippen molar-refractivity contribution in [3.05, 3.63) is 29.3 Å². The van der Waals surface area contributed by atoms with Gasteiger partial charge >= 0.3 is 0 Å². The standard InChI is InChI=1S/C15H21N3O3/c1-10-11(6-5-7-12(10)19)13(20)17-15(14(16)18-21)8-3-2-4-9-15/h5-7,19,21H,2-4,8-9H2,1H3,(H2,16,18)(H,17,20). The van der Waals surface area contributed by atoms with E-state index in [1.165, 1.54) is 6.07 Å². The van der Waals surface area contributed by atoms with Crippen LogP contribution in [0, 0.1) is 6.92 Å². The van der Waals surface area contributed by atoms with E-state index >= 15 is 0 Å².